The molecule has 1 aliphatic heterocycles. The number of aliphatic hydroxyl groups is 1. The third-order valence-corrected chi connectivity index (χ3v) is 6.70. The lowest BCUT2D eigenvalue weighted by Gasteiger charge is -2.28. The highest BCUT2D eigenvalue weighted by molar-refractivity contribution is 6.47. The summed E-state index contributed by atoms with van der Waals surface area (Å²) in [4.78, 5) is 29.8. The second-order valence-electron chi connectivity index (χ2n) is 7.86. The van der Waals surface area contributed by atoms with E-state index in [0.717, 1.165) is 13.1 Å². The van der Waals surface area contributed by atoms with Gasteiger partial charge in [-0.3, -0.25) is 9.59 Å². The minimum absolute atomic E-state index is 0.00172. The molecule has 0 aliphatic carbocycles. The number of benzene rings is 2. The van der Waals surface area contributed by atoms with Crippen molar-refractivity contribution in [2.45, 2.75) is 19.9 Å². The van der Waals surface area contributed by atoms with Gasteiger partial charge < -0.3 is 24.4 Å². The van der Waals surface area contributed by atoms with Crippen molar-refractivity contribution in [2.75, 3.05) is 40.4 Å². The normalized spacial score (nSPS) is 17.4. The van der Waals surface area contributed by atoms with Crippen LogP contribution in [0, 0.1) is 5.82 Å². The Labute approximate surface area is 213 Å². The van der Waals surface area contributed by atoms with Gasteiger partial charge in [0.05, 0.1) is 36.4 Å². The Hall–Kier alpha value is -2.81. The van der Waals surface area contributed by atoms with Gasteiger partial charge >= 0.3 is 0 Å². The molecule has 1 fully saturated rings. The summed E-state index contributed by atoms with van der Waals surface area (Å²) >= 11 is 12.7. The number of halogens is 3. The van der Waals surface area contributed by atoms with E-state index in [4.69, 9.17) is 32.7 Å². The standard InChI is InChI=1S/C25H27Cl2FN2O5/c1-5-29(6-2)11-12-30-20(14-7-9-15(28)10-8-14)18(22(32)25(30)33)21(31)16-13-17(26)24(35-4)19(27)23(16)34-3/h7-10,13,20,31H,5-6,11-12H2,1-4H3/b21-18+. The van der Waals surface area contributed by atoms with E-state index < -0.39 is 29.3 Å². The number of rotatable bonds is 9. The Morgan fingerprint density at radius 1 is 1.09 bits per heavy atom. The van der Waals surface area contributed by atoms with Gasteiger partial charge in [-0.2, -0.15) is 0 Å². The molecule has 1 saturated heterocycles. The number of amides is 1. The van der Waals surface area contributed by atoms with Crippen molar-refractivity contribution < 1.29 is 28.6 Å². The van der Waals surface area contributed by atoms with Crippen molar-refractivity contribution >= 4 is 40.7 Å². The van der Waals surface area contributed by atoms with Crippen molar-refractivity contribution in [1.82, 2.24) is 9.80 Å². The Morgan fingerprint density at radius 2 is 1.69 bits per heavy atom. The number of carbonyl (C=O) groups is 2. The number of aliphatic hydroxyl groups excluding tert-OH is 1. The van der Waals surface area contributed by atoms with E-state index in [0.29, 0.717) is 12.1 Å². The fourth-order valence-corrected chi connectivity index (χ4v) is 4.87. The lowest BCUT2D eigenvalue weighted by molar-refractivity contribution is -0.140. The lowest BCUT2D eigenvalue weighted by Crippen LogP contribution is -2.38. The number of hydrogen-bond donors (Lipinski definition) is 1. The second-order valence-corrected chi connectivity index (χ2v) is 8.64. The van der Waals surface area contributed by atoms with Gasteiger partial charge in [0.15, 0.2) is 11.5 Å². The molecule has 0 saturated carbocycles. The summed E-state index contributed by atoms with van der Waals surface area (Å²) in [5.41, 5.74) is 0.324. The molecular weight excluding hydrogens is 498 g/mol. The minimum atomic E-state index is -0.949. The molecule has 1 amide bonds. The zero-order valence-corrected chi connectivity index (χ0v) is 21.4. The van der Waals surface area contributed by atoms with Gasteiger partial charge in [0.2, 0.25) is 0 Å². The number of Topliss-reactive ketones (excluding diaryl/α,β-unsaturated/α-hetero) is 1. The molecule has 1 atom stereocenters. The maximum Gasteiger partial charge on any atom is 0.295 e. The molecule has 1 aliphatic rings. The van der Waals surface area contributed by atoms with Gasteiger partial charge in [-0.25, -0.2) is 4.39 Å². The lowest BCUT2D eigenvalue weighted by atomic mass is 9.95. The Morgan fingerprint density at radius 3 is 2.23 bits per heavy atom. The molecule has 2 aromatic carbocycles. The van der Waals surface area contributed by atoms with Crippen LogP contribution >= 0.6 is 23.2 Å². The molecule has 1 unspecified atom stereocenters. The van der Waals surface area contributed by atoms with Crippen molar-refractivity contribution in [3.05, 3.63) is 62.9 Å². The Kier molecular flexibility index (Phi) is 8.64. The summed E-state index contributed by atoms with van der Waals surface area (Å²) in [6.45, 7) is 6.27. The monoisotopic (exact) mass is 524 g/mol. The minimum Gasteiger partial charge on any atom is -0.507 e. The molecule has 2 aromatic rings. The third-order valence-electron chi connectivity index (χ3n) is 6.07. The van der Waals surface area contributed by atoms with Crippen LogP contribution in [0.1, 0.15) is 31.0 Å². The van der Waals surface area contributed by atoms with Crippen molar-refractivity contribution in [3.8, 4) is 11.5 Å². The topological polar surface area (TPSA) is 79.3 Å². The van der Waals surface area contributed by atoms with Crippen molar-refractivity contribution in [1.29, 1.82) is 0 Å². The highest BCUT2D eigenvalue weighted by atomic mass is 35.5. The van der Waals surface area contributed by atoms with Gasteiger partial charge in [0, 0.05) is 13.1 Å². The summed E-state index contributed by atoms with van der Waals surface area (Å²) in [6, 6.07) is 5.84. The summed E-state index contributed by atoms with van der Waals surface area (Å²) in [5, 5.41) is 11.4. The molecular formula is C25H27Cl2FN2O5. The molecule has 188 valence electrons. The van der Waals surface area contributed by atoms with Gasteiger partial charge in [0.1, 0.15) is 16.6 Å². The first kappa shape index (κ1) is 26.8. The van der Waals surface area contributed by atoms with Crippen LogP contribution in [0.5, 0.6) is 11.5 Å². The van der Waals surface area contributed by atoms with Crippen LogP contribution in [-0.4, -0.2) is 67.0 Å². The third kappa shape index (κ3) is 5.10. The number of methoxy groups -OCH3 is 2. The maximum atomic E-state index is 13.7. The highest BCUT2D eigenvalue weighted by Gasteiger charge is 2.46. The first-order valence-corrected chi connectivity index (χ1v) is 11.8. The average Bonchev–Trinajstić information content (AvgIpc) is 3.09. The van der Waals surface area contributed by atoms with E-state index in [-0.39, 0.29) is 39.2 Å². The number of likely N-dealkylation sites (tertiary alicyclic amines) is 1. The summed E-state index contributed by atoms with van der Waals surface area (Å²) in [7, 11) is 2.72. The quantitative estimate of drug-likeness (QED) is 0.285. The van der Waals surface area contributed by atoms with E-state index in [1.807, 2.05) is 13.8 Å². The molecule has 0 radical (unpaired) electrons. The molecule has 0 spiro atoms. The number of hydrogen-bond acceptors (Lipinski definition) is 6. The van der Waals surface area contributed by atoms with Gasteiger partial charge in [-0.05, 0) is 36.9 Å². The van der Waals surface area contributed by atoms with Gasteiger partial charge in [-0.15, -0.1) is 0 Å². The van der Waals surface area contributed by atoms with Crippen molar-refractivity contribution in [3.63, 3.8) is 0 Å². The predicted octanol–water partition coefficient (Wildman–Crippen LogP) is 4.91. The van der Waals surface area contributed by atoms with E-state index in [1.54, 1.807) is 0 Å². The van der Waals surface area contributed by atoms with E-state index in [2.05, 4.69) is 4.90 Å². The van der Waals surface area contributed by atoms with Crippen LogP contribution in [0.15, 0.2) is 35.9 Å². The molecule has 0 bridgehead atoms. The van der Waals surface area contributed by atoms with E-state index >= 15 is 0 Å². The average molecular weight is 525 g/mol. The van der Waals surface area contributed by atoms with Gasteiger partial charge in [0.25, 0.3) is 11.7 Å². The number of likely N-dealkylation sites (N-methyl/N-ethyl adjacent to an activating group) is 1. The smallest absolute Gasteiger partial charge is 0.295 e. The molecule has 3 rings (SSSR count). The van der Waals surface area contributed by atoms with Crippen LogP contribution in [0.4, 0.5) is 4.39 Å². The number of carbonyl (C=O) groups excluding carboxylic acids is 2. The first-order chi connectivity index (χ1) is 16.7. The van der Waals surface area contributed by atoms with Crippen LogP contribution < -0.4 is 9.47 Å². The molecule has 0 aromatic heterocycles. The Balaban J connectivity index is 2.22. The largest absolute Gasteiger partial charge is 0.507 e. The van der Waals surface area contributed by atoms with Crippen LogP contribution in [0.25, 0.3) is 5.76 Å². The predicted molar refractivity (Wildman–Crippen MR) is 133 cm³/mol. The molecule has 1 heterocycles. The molecule has 1 N–H and O–H groups in total. The van der Waals surface area contributed by atoms with Crippen LogP contribution in [0.3, 0.4) is 0 Å². The zero-order chi connectivity index (χ0) is 25.9. The zero-order valence-electron chi connectivity index (χ0n) is 19.9. The second kappa shape index (κ2) is 11.3. The number of ether oxygens (including phenoxy) is 2. The number of nitrogens with zero attached hydrogens (tertiary/aromatic N) is 2. The fraction of sp³-hybridized carbons (Fsp3) is 0.360. The van der Waals surface area contributed by atoms with Crippen LogP contribution in [-0.2, 0) is 9.59 Å². The molecule has 7 nitrogen and oxygen atoms in total. The summed E-state index contributed by atoms with van der Waals surface area (Å²) < 4.78 is 24.3. The maximum absolute atomic E-state index is 13.7. The van der Waals surface area contributed by atoms with E-state index in [9.17, 15) is 19.1 Å². The molecule has 10 heteroatoms. The SMILES string of the molecule is CCN(CC)CCN1C(=O)C(=O)/C(=C(/O)c2cc(Cl)c(OC)c(Cl)c2OC)C1c1ccc(F)cc1. The molecule has 35 heavy (non-hydrogen) atoms. The fourth-order valence-electron chi connectivity index (χ4n) is 4.18. The van der Waals surface area contributed by atoms with Crippen molar-refractivity contribution in [2.24, 2.45) is 0 Å². The number of ketones is 1. The first-order valence-electron chi connectivity index (χ1n) is 11.1. The Bertz CT molecular complexity index is 1150. The van der Waals surface area contributed by atoms with Crippen LogP contribution in [0.2, 0.25) is 10.0 Å². The van der Waals surface area contributed by atoms with E-state index in [1.165, 1.54) is 49.5 Å². The highest BCUT2D eigenvalue weighted by Crippen LogP contribution is 2.47. The summed E-state index contributed by atoms with van der Waals surface area (Å²) in [6.07, 6.45) is 0. The van der Waals surface area contributed by atoms with Gasteiger partial charge in [-0.1, -0.05) is 49.2 Å². The summed E-state index contributed by atoms with van der Waals surface area (Å²) in [5.74, 6) is -2.45.